The smallest absolute Gasteiger partial charge is 0.319 e. The molecule has 36 heavy (non-hydrogen) atoms. The molecule has 2 aromatic carbocycles. The summed E-state index contributed by atoms with van der Waals surface area (Å²) in [4.78, 5) is 40.2. The average Bonchev–Trinajstić information content (AvgIpc) is 3.19. The number of aromatic hydroxyl groups is 1. The van der Waals surface area contributed by atoms with Crippen LogP contribution in [0.3, 0.4) is 0 Å². The van der Waals surface area contributed by atoms with Crippen LogP contribution in [0.5, 0.6) is 17.5 Å². The van der Waals surface area contributed by atoms with E-state index in [1.54, 1.807) is 60.9 Å². The number of amides is 4. The first-order valence-corrected chi connectivity index (χ1v) is 11.4. The van der Waals surface area contributed by atoms with Crippen molar-refractivity contribution in [3.63, 3.8) is 0 Å². The molecule has 1 aliphatic heterocycles. The van der Waals surface area contributed by atoms with Crippen LogP contribution in [-0.4, -0.2) is 32.5 Å². The third-order valence-corrected chi connectivity index (χ3v) is 5.83. The van der Waals surface area contributed by atoms with Crippen molar-refractivity contribution < 1.29 is 24.2 Å². The predicted octanol–water partition coefficient (Wildman–Crippen LogP) is 3.83. The predicted molar refractivity (Wildman–Crippen MR) is 132 cm³/mol. The zero-order valence-electron chi connectivity index (χ0n) is 19.1. The van der Waals surface area contributed by atoms with Gasteiger partial charge in [0.05, 0.1) is 0 Å². The first-order chi connectivity index (χ1) is 17.5. The molecule has 1 saturated heterocycles. The van der Waals surface area contributed by atoms with Crippen molar-refractivity contribution in [1.82, 2.24) is 20.2 Å². The fourth-order valence-electron chi connectivity index (χ4n) is 4.09. The molecule has 4 aromatic rings. The minimum atomic E-state index is -0.653. The van der Waals surface area contributed by atoms with Crippen molar-refractivity contribution in [3.8, 4) is 17.5 Å². The average molecular weight is 486 g/mol. The van der Waals surface area contributed by atoms with E-state index in [1.807, 2.05) is 12.1 Å². The highest BCUT2D eigenvalue weighted by molar-refractivity contribution is 6.00. The van der Waals surface area contributed by atoms with E-state index in [4.69, 9.17) is 4.74 Å². The molecular formula is C26H23N5O5. The minimum absolute atomic E-state index is 0.0374. The second-order valence-corrected chi connectivity index (χ2v) is 8.35. The van der Waals surface area contributed by atoms with Crippen LogP contribution >= 0.6 is 0 Å². The van der Waals surface area contributed by atoms with E-state index in [1.165, 1.54) is 4.57 Å². The summed E-state index contributed by atoms with van der Waals surface area (Å²) in [5.74, 6) is 0.204. The second kappa shape index (κ2) is 9.79. The summed E-state index contributed by atoms with van der Waals surface area (Å²) in [6.45, 7) is 0.246. The van der Waals surface area contributed by atoms with Crippen LogP contribution in [0.2, 0.25) is 0 Å². The third-order valence-electron chi connectivity index (χ3n) is 5.83. The van der Waals surface area contributed by atoms with Crippen molar-refractivity contribution in [2.75, 3.05) is 5.32 Å². The molecule has 0 radical (unpaired) electrons. The van der Waals surface area contributed by atoms with Gasteiger partial charge in [-0.1, -0.05) is 18.2 Å². The first-order valence-electron chi connectivity index (χ1n) is 11.4. The zero-order valence-corrected chi connectivity index (χ0v) is 19.1. The van der Waals surface area contributed by atoms with Gasteiger partial charge in [-0.05, 0) is 42.3 Å². The fourth-order valence-corrected chi connectivity index (χ4v) is 4.09. The number of urea groups is 1. The van der Waals surface area contributed by atoms with Crippen LogP contribution in [0, 0.1) is 0 Å². The Bertz CT molecular complexity index is 1450. The summed E-state index contributed by atoms with van der Waals surface area (Å²) in [6, 6.07) is 16.6. The topological polar surface area (TPSA) is 135 Å². The Morgan fingerprint density at radius 3 is 2.83 bits per heavy atom. The van der Waals surface area contributed by atoms with Crippen molar-refractivity contribution in [2.45, 2.75) is 25.4 Å². The van der Waals surface area contributed by atoms with Crippen LogP contribution in [0.4, 0.5) is 10.5 Å². The maximum Gasteiger partial charge on any atom is 0.319 e. The van der Waals surface area contributed by atoms with Crippen molar-refractivity contribution >= 4 is 34.3 Å². The largest absolute Gasteiger partial charge is 0.494 e. The number of hydrogen-bond acceptors (Lipinski definition) is 6. The number of anilines is 1. The number of pyridine rings is 1. The standard InChI is InChI=1S/C26H23N5O5/c32-22-10-9-21(24(33)30-22)31-15-17-12-16(7-8-20(17)25(31)34)14-28-26(35)29-18-4-3-5-19(13-18)36-23-6-1-2-11-27-23/h1-8,11-13,15,21,34H,9-10,14H2,(H2,28,29,35)(H,30,32,33). The Labute approximate surface area is 205 Å². The second-order valence-electron chi connectivity index (χ2n) is 8.35. The Morgan fingerprint density at radius 1 is 1.14 bits per heavy atom. The molecule has 4 N–H and O–H groups in total. The zero-order chi connectivity index (χ0) is 25.1. The van der Waals surface area contributed by atoms with Gasteiger partial charge in [-0.25, -0.2) is 9.78 Å². The molecule has 0 aliphatic carbocycles. The highest BCUT2D eigenvalue weighted by atomic mass is 16.5. The van der Waals surface area contributed by atoms with E-state index in [0.29, 0.717) is 29.1 Å². The number of hydrogen-bond donors (Lipinski definition) is 4. The third kappa shape index (κ3) is 4.97. The Balaban J connectivity index is 1.22. The molecule has 1 atom stereocenters. The molecule has 10 nitrogen and oxygen atoms in total. The number of benzene rings is 2. The van der Waals surface area contributed by atoms with Crippen molar-refractivity contribution in [3.05, 3.63) is 78.6 Å². The van der Waals surface area contributed by atoms with Gasteiger partial charge in [-0.15, -0.1) is 0 Å². The van der Waals surface area contributed by atoms with Gasteiger partial charge in [0.1, 0.15) is 11.8 Å². The monoisotopic (exact) mass is 485 g/mol. The minimum Gasteiger partial charge on any atom is -0.494 e. The van der Waals surface area contributed by atoms with Gasteiger partial charge < -0.3 is 25.0 Å². The Hall–Kier alpha value is -4.86. The lowest BCUT2D eigenvalue weighted by atomic mass is 10.1. The van der Waals surface area contributed by atoms with E-state index in [-0.39, 0.29) is 24.8 Å². The maximum absolute atomic E-state index is 12.5. The lowest BCUT2D eigenvalue weighted by Gasteiger charge is -2.22. The number of aromatic nitrogens is 2. The van der Waals surface area contributed by atoms with E-state index in [9.17, 15) is 19.5 Å². The molecule has 1 unspecified atom stereocenters. The summed E-state index contributed by atoms with van der Waals surface area (Å²) in [7, 11) is 0. The van der Waals surface area contributed by atoms with Crippen molar-refractivity contribution in [1.29, 1.82) is 0 Å². The van der Waals surface area contributed by atoms with Crippen LogP contribution in [0.1, 0.15) is 24.4 Å². The van der Waals surface area contributed by atoms with Gasteiger partial charge in [-0.2, -0.15) is 0 Å². The lowest BCUT2D eigenvalue weighted by Crippen LogP contribution is -2.41. The Kier molecular flexibility index (Phi) is 6.23. The molecule has 1 aliphatic rings. The number of rotatable bonds is 6. The van der Waals surface area contributed by atoms with Crippen LogP contribution < -0.4 is 20.7 Å². The number of imide groups is 1. The molecule has 3 heterocycles. The molecule has 182 valence electrons. The van der Waals surface area contributed by atoms with Crippen LogP contribution in [0.25, 0.3) is 10.8 Å². The molecule has 1 fully saturated rings. The van der Waals surface area contributed by atoms with E-state index in [0.717, 1.165) is 10.9 Å². The van der Waals surface area contributed by atoms with Crippen LogP contribution in [0.15, 0.2) is 73.1 Å². The molecular weight excluding hydrogens is 462 g/mol. The van der Waals surface area contributed by atoms with Crippen molar-refractivity contribution in [2.24, 2.45) is 0 Å². The number of carbonyl (C=O) groups is 3. The van der Waals surface area contributed by atoms with Gasteiger partial charge in [0.25, 0.3) is 0 Å². The van der Waals surface area contributed by atoms with Gasteiger partial charge in [0.15, 0.2) is 5.88 Å². The summed E-state index contributed by atoms with van der Waals surface area (Å²) < 4.78 is 7.17. The molecule has 2 aromatic heterocycles. The van der Waals surface area contributed by atoms with Gasteiger partial charge in [0.2, 0.25) is 17.7 Å². The number of nitrogens with one attached hydrogen (secondary N) is 3. The molecule has 0 saturated carbocycles. The van der Waals surface area contributed by atoms with Crippen LogP contribution in [-0.2, 0) is 16.1 Å². The quantitative estimate of drug-likeness (QED) is 0.307. The van der Waals surface area contributed by atoms with E-state index >= 15 is 0 Å². The highest BCUT2D eigenvalue weighted by Crippen LogP contribution is 2.33. The maximum atomic E-state index is 12.5. The van der Waals surface area contributed by atoms with Gasteiger partial charge in [0, 0.05) is 54.0 Å². The van der Waals surface area contributed by atoms with E-state index < -0.39 is 18.0 Å². The van der Waals surface area contributed by atoms with Gasteiger partial charge >= 0.3 is 6.03 Å². The number of nitrogens with zero attached hydrogens (tertiary/aromatic N) is 2. The molecule has 10 heteroatoms. The summed E-state index contributed by atoms with van der Waals surface area (Å²) in [6.07, 6.45) is 3.85. The summed E-state index contributed by atoms with van der Waals surface area (Å²) in [5, 5.41) is 19.8. The molecule has 5 rings (SSSR count). The normalized spacial score (nSPS) is 15.4. The fraction of sp³-hybridized carbons (Fsp3) is 0.154. The number of piperidine rings is 1. The molecule has 4 amide bonds. The lowest BCUT2D eigenvalue weighted by molar-refractivity contribution is -0.135. The number of ether oxygens (including phenoxy) is 1. The summed E-state index contributed by atoms with van der Waals surface area (Å²) >= 11 is 0. The Morgan fingerprint density at radius 2 is 2.03 bits per heavy atom. The molecule has 0 bridgehead atoms. The summed E-state index contributed by atoms with van der Waals surface area (Å²) in [5.41, 5.74) is 1.37. The SMILES string of the molecule is O=C1CCC(n2cc3cc(CNC(=O)Nc4cccc(Oc5ccccn5)c4)ccc3c2O)C(=O)N1. The first kappa shape index (κ1) is 22.9. The number of carbonyl (C=O) groups excluding carboxylic acids is 3. The number of fused-ring (bicyclic) bond motifs is 1. The van der Waals surface area contributed by atoms with Gasteiger partial charge in [-0.3, -0.25) is 14.9 Å². The molecule has 0 spiro atoms. The van der Waals surface area contributed by atoms with E-state index in [2.05, 4.69) is 20.9 Å². The highest BCUT2D eigenvalue weighted by Gasteiger charge is 2.30.